The molecule has 0 aliphatic carbocycles. The van der Waals surface area contributed by atoms with Crippen molar-refractivity contribution in [1.82, 2.24) is 0 Å². The van der Waals surface area contributed by atoms with Crippen LogP contribution in [0.2, 0.25) is 0 Å². The van der Waals surface area contributed by atoms with Crippen LogP contribution in [-0.2, 0) is 6.61 Å². The first-order valence-corrected chi connectivity index (χ1v) is 6.45. The summed E-state index contributed by atoms with van der Waals surface area (Å²) < 4.78 is 19.5. The van der Waals surface area contributed by atoms with Crippen molar-refractivity contribution in [2.24, 2.45) is 27.2 Å². The number of halogens is 2. The molecule has 0 saturated heterocycles. The van der Waals surface area contributed by atoms with Crippen LogP contribution in [0.25, 0.3) is 0 Å². The van der Waals surface area contributed by atoms with Crippen LogP contribution < -0.4 is 21.9 Å². The normalized spacial score (nSPS) is 10.6. The number of hydrogen-bond donors (Lipinski definition) is 3. The molecule has 2 aromatic carbocycles. The van der Waals surface area contributed by atoms with Gasteiger partial charge in [-0.2, -0.15) is 4.99 Å². The van der Waals surface area contributed by atoms with Gasteiger partial charge < -0.3 is 21.9 Å². The van der Waals surface area contributed by atoms with E-state index in [-0.39, 0.29) is 42.4 Å². The first kappa shape index (κ1) is 18.2. The fraction of sp³-hybridized carbons (Fsp3) is 0.0667. The van der Waals surface area contributed by atoms with Crippen LogP contribution in [0.15, 0.2) is 58.5 Å². The van der Waals surface area contributed by atoms with E-state index in [1.807, 2.05) is 30.3 Å². The molecule has 0 radical (unpaired) electrons. The second-order valence-electron chi connectivity index (χ2n) is 4.37. The molecule has 0 aliphatic rings. The number of guanidine groups is 2. The Kier molecular flexibility index (Phi) is 6.82. The van der Waals surface area contributed by atoms with Gasteiger partial charge in [0.05, 0.1) is 0 Å². The molecule has 122 valence electrons. The minimum atomic E-state index is -0.584. The number of nitrogens with zero attached hydrogens (tertiary/aromatic N) is 2. The molecule has 0 aromatic heterocycles. The second kappa shape index (κ2) is 8.60. The third-order valence-electron chi connectivity index (χ3n) is 2.66. The molecule has 0 spiro atoms. The molecule has 6 N–H and O–H groups in total. The highest BCUT2D eigenvalue weighted by Gasteiger charge is 2.10. The smallest absolute Gasteiger partial charge is 0.224 e. The van der Waals surface area contributed by atoms with Crippen LogP contribution in [0.3, 0.4) is 0 Å². The number of benzene rings is 2. The molecular formula is C15H17ClFN5O. The van der Waals surface area contributed by atoms with E-state index in [0.717, 1.165) is 5.56 Å². The lowest BCUT2D eigenvalue weighted by atomic mass is 10.2. The third-order valence-corrected chi connectivity index (χ3v) is 2.66. The summed E-state index contributed by atoms with van der Waals surface area (Å²) in [6.45, 7) is 0.273. The Bertz CT molecular complexity index is 702. The molecular weight excluding hydrogens is 321 g/mol. The molecule has 0 fully saturated rings. The first-order chi connectivity index (χ1) is 10.6. The lowest BCUT2D eigenvalue weighted by molar-refractivity contribution is 0.306. The zero-order valence-electron chi connectivity index (χ0n) is 12.1. The first-order valence-electron chi connectivity index (χ1n) is 6.45. The van der Waals surface area contributed by atoms with Crippen molar-refractivity contribution in [3.05, 3.63) is 59.9 Å². The van der Waals surface area contributed by atoms with Crippen molar-refractivity contribution < 1.29 is 9.13 Å². The quantitative estimate of drug-likeness (QED) is 0.585. The van der Waals surface area contributed by atoms with Crippen LogP contribution >= 0.6 is 12.4 Å². The minimum Gasteiger partial charge on any atom is -0.487 e. The Hall–Kier alpha value is -2.80. The van der Waals surface area contributed by atoms with Gasteiger partial charge in [0.25, 0.3) is 0 Å². The summed E-state index contributed by atoms with van der Waals surface area (Å²) in [5.41, 5.74) is 16.8. The summed E-state index contributed by atoms with van der Waals surface area (Å²) in [6, 6.07) is 13.8. The van der Waals surface area contributed by atoms with Crippen LogP contribution in [0.4, 0.5) is 10.1 Å². The van der Waals surface area contributed by atoms with Crippen molar-refractivity contribution in [3.8, 4) is 5.75 Å². The zero-order chi connectivity index (χ0) is 15.9. The molecule has 8 heteroatoms. The molecule has 0 saturated carbocycles. The summed E-state index contributed by atoms with van der Waals surface area (Å²) in [6.07, 6.45) is 0. The van der Waals surface area contributed by atoms with Gasteiger partial charge in [-0.3, -0.25) is 0 Å². The number of nitrogens with two attached hydrogens (primary N) is 3. The van der Waals surface area contributed by atoms with E-state index >= 15 is 0 Å². The maximum absolute atomic E-state index is 13.9. The molecule has 2 aromatic rings. The lowest BCUT2D eigenvalue weighted by Crippen LogP contribution is -2.26. The topological polar surface area (TPSA) is 112 Å². The summed E-state index contributed by atoms with van der Waals surface area (Å²) in [5, 5.41) is 0. The van der Waals surface area contributed by atoms with Gasteiger partial charge in [-0.25, -0.2) is 9.38 Å². The van der Waals surface area contributed by atoms with Crippen LogP contribution in [0.5, 0.6) is 5.75 Å². The van der Waals surface area contributed by atoms with Gasteiger partial charge in [-0.05, 0) is 17.7 Å². The molecule has 0 unspecified atom stereocenters. The maximum atomic E-state index is 13.9. The average Bonchev–Trinajstić information content (AvgIpc) is 2.48. The predicted octanol–water partition coefficient (Wildman–Crippen LogP) is 2.05. The second-order valence-corrected chi connectivity index (χ2v) is 4.37. The molecule has 0 atom stereocenters. The van der Waals surface area contributed by atoms with Crippen LogP contribution in [-0.4, -0.2) is 11.9 Å². The number of ether oxygens (including phenoxy) is 1. The third kappa shape index (κ3) is 5.48. The van der Waals surface area contributed by atoms with Gasteiger partial charge in [0.1, 0.15) is 18.0 Å². The number of para-hydroxylation sites is 1. The molecule has 0 heterocycles. The van der Waals surface area contributed by atoms with E-state index in [0.29, 0.717) is 0 Å². The standard InChI is InChI=1S/C15H16FN5O.ClH/c16-11-7-4-8-12(13(11)20-15(19)21-14(17)18)22-9-10-5-2-1-3-6-10;/h1-8H,9H2,(H6,17,18,19,20,21);1H. The van der Waals surface area contributed by atoms with Crippen molar-refractivity contribution in [1.29, 1.82) is 0 Å². The predicted molar refractivity (Wildman–Crippen MR) is 91.5 cm³/mol. The highest BCUT2D eigenvalue weighted by molar-refractivity contribution is 5.93. The Morgan fingerprint density at radius 1 is 1.00 bits per heavy atom. The number of hydrogen-bond acceptors (Lipinski definition) is 2. The Morgan fingerprint density at radius 2 is 1.70 bits per heavy atom. The minimum absolute atomic E-state index is 0. The van der Waals surface area contributed by atoms with E-state index in [1.54, 1.807) is 6.07 Å². The van der Waals surface area contributed by atoms with E-state index < -0.39 is 5.82 Å². The van der Waals surface area contributed by atoms with E-state index in [2.05, 4.69) is 9.98 Å². The largest absolute Gasteiger partial charge is 0.487 e. The van der Waals surface area contributed by atoms with Gasteiger partial charge in [-0.1, -0.05) is 36.4 Å². The summed E-state index contributed by atoms with van der Waals surface area (Å²) in [7, 11) is 0. The Labute approximate surface area is 139 Å². The van der Waals surface area contributed by atoms with Gasteiger partial charge in [0, 0.05) is 0 Å². The molecule has 0 aliphatic heterocycles. The zero-order valence-corrected chi connectivity index (χ0v) is 13.0. The lowest BCUT2D eigenvalue weighted by Gasteiger charge is -2.09. The van der Waals surface area contributed by atoms with Gasteiger partial charge >= 0.3 is 0 Å². The molecule has 2 rings (SSSR count). The Morgan fingerprint density at radius 3 is 2.35 bits per heavy atom. The van der Waals surface area contributed by atoms with E-state index in [1.165, 1.54) is 12.1 Å². The highest BCUT2D eigenvalue weighted by Crippen LogP contribution is 2.31. The molecule has 0 amide bonds. The van der Waals surface area contributed by atoms with Crippen molar-refractivity contribution in [3.63, 3.8) is 0 Å². The summed E-state index contributed by atoms with van der Waals surface area (Å²) in [4.78, 5) is 7.41. The van der Waals surface area contributed by atoms with Gasteiger partial charge in [-0.15, -0.1) is 12.4 Å². The van der Waals surface area contributed by atoms with Crippen molar-refractivity contribution >= 4 is 30.0 Å². The van der Waals surface area contributed by atoms with Crippen LogP contribution in [0.1, 0.15) is 5.56 Å². The number of aliphatic imine (C=N–C) groups is 2. The fourth-order valence-corrected chi connectivity index (χ4v) is 1.73. The van der Waals surface area contributed by atoms with Crippen LogP contribution in [0, 0.1) is 5.82 Å². The summed E-state index contributed by atoms with van der Waals surface area (Å²) >= 11 is 0. The monoisotopic (exact) mass is 337 g/mol. The Balaban J connectivity index is 0.00000264. The van der Waals surface area contributed by atoms with Crippen molar-refractivity contribution in [2.45, 2.75) is 6.61 Å². The highest BCUT2D eigenvalue weighted by atomic mass is 35.5. The SMILES string of the molecule is Cl.NC(N)=NC(N)=Nc1c(F)cccc1OCc1ccccc1. The molecule has 6 nitrogen and oxygen atoms in total. The maximum Gasteiger partial charge on any atom is 0.224 e. The fourth-order valence-electron chi connectivity index (χ4n) is 1.73. The number of rotatable bonds is 4. The summed E-state index contributed by atoms with van der Waals surface area (Å²) in [5.74, 6) is -0.851. The van der Waals surface area contributed by atoms with Gasteiger partial charge in [0.15, 0.2) is 11.8 Å². The molecule has 23 heavy (non-hydrogen) atoms. The molecule has 0 bridgehead atoms. The van der Waals surface area contributed by atoms with E-state index in [4.69, 9.17) is 21.9 Å². The van der Waals surface area contributed by atoms with Gasteiger partial charge in [0.2, 0.25) is 5.96 Å². The van der Waals surface area contributed by atoms with Crippen molar-refractivity contribution in [2.75, 3.05) is 0 Å². The van der Waals surface area contributed by atoms with E-state index in [9.17, 15) is 4.39 Å². The average molecular weight is 338 g/mol.